The molecule has 2 heterocycles. The summed E-state index contributed by atoms with van der Waals surface area (Å²) in [6.07, 6.45) is 10.2. The Labute approximate surface area is 215 Å². The van der Waals surface area contributed by atoms with Crippen molar-refractivity contribution in [1.29, 1.82) is 0 Å². The first kappa shape index (κ1) is 24.7. The molecule has 0 spiro atoms. The third-order valence-electron chi connectivity index (χ3n) is 11.5. The molecule has 2 saturated heterocycles. The molecule has 0 aromatic rings. The summed E-state index contributed by atoms with van der Waals surface area (Å²) in [6, 6.07) is 0. The fraction of sp³-hybridized carbons (Fsp3) is 0.800. The molecule has 0 bridgehead atoms. The number of carbonyl (C=O) groups excluding carboxylic acids is 2. The van der Waals surface area contributed by atoms with Gasteiger partial charge in [0.05, 0.1) is 11.8 Å². The zero-order chi connectivity index (χ0) is 25.4. The fourth-order valence-electron chi connectivity index (χ4n) is 9.46. The quantitative estimate of drug-likeness (QED) is 0.322. The van der Waals surface area contributed by atoms with E-state index in [0.29, 0.717) is 11.8 Å². The number of fused-ring (bicyclic) bond motifs is 4. The molecule has 4 aliphatic carbocycles. The van der Waals surface area contributed by atoms with Crippen molar-refractivity contribution >= 4 is 11.9 Å². The zero-order valence-electron chi connectivity index (χ0n) is 22.0. The predicted molar refractivity (Wildman–Crippen MR) is 135 cm³/mol. The average molecular weight is 498 g/mol. The number of rotatable bonds is 4. The highest BCUT2D eigenvalue weighted by Gasteiger charge is 2.57. The van der Waals surface area contributed by atoms with Crippen LogP contribution in [0.1, 0.15) is 78.1 Å². The highest BCUT2D eigenvalue weighted by atomic mass is 16.6. The molecule has 0 aromatic carbocycles. The summed E-state index contributed by atoms with van der Waals surface area (Å²) in [4.78, 5) is 25.9. The molecule has 6 fully saturated rings. The first-order valence-electron chi connectivity index (χ1n) is 14.3. The fourth-order valence-corrected chi connectivity index (χ4v) is 9.46. The monoisotopic (exact) mass is 497 g/mol. The molecule has 6 rings (SSSR count). The van der Waals surface area contributed by atoms with Crippen LogP contribution in [0.3, 0.4) is 0 Å². The zero-order valence-corrected chi connectivity index (χ0v) is 22.0. The van der Waals surface area contributed by atoms with Crippen molar-refractivity contribution in [3.8, 4) is 0 Å². The molecule has 4 saturated carbocycles. The lowest BCUT2D eigenvalue weighted by molar-refractivity contribution is -0.155. The van der Waals surface area contributed by atoms with Gasteiger partial charge in [0.1, 0.15) is 12.2 Å². The van der Waals surface area contributed by atoms with Crippen LogP contribution in [0, 0.1) is 46.3 Å². The van der Waals surface area contributed by atoms with E-state index in [-0.39, 0.29) is 71.7 Å². The first-order valence-corrected chi connectivity index (χ1v) is 14.3. The van der Waals surface area contributed by atoms with Crippen LogP contribution in [-0.2, 0) is 19.1 Å². The normalized spacial score (nSPS) is 48.1. The lowest BCUT2D eigenvalue weighted by Crippen LogP contribution is -2.47. The van der Waals surface area contributed by atoms with Gasteiger partial charge in [-0.1, -0.05) is 38.2 Å². The van der Waals surface area contributed by atoms with Crippen LogP contribution >= 0.6 is 0 Å². The average Bonchev–Trinajstić information content (AvgIpc) is 3.25. The SMILES string of the molecule is C=C1CCC[C@]2(C)C[C@@H]3OC(=O)[C@H](CN(O)C[C@H]4C(=O)O[C@@H]5C[C@]6(C)CCCC(=C)[C@@H]6C[C@H]54)[C@@H]3C[C@H]12. The van der Waals surface area contributed by atoms with E-state index in [9.17, 15) is 14.8 Å². The van der Waals surface area contributed by atoms with Crippen molar-refractivity contribution in [3.63, 3.8) is 0 Å². The number of carbonyl (C=O) groups is 2. The second-order valence-corrected chi connectivity index (χ2v) is 13.7. The van der Waals surface area contributed by atoms with Crippen molar-refractivity contribution in [2.24, 2.45) is 46.3 Å². The third kappa shape index (κ3) is 3.89. The minimum absolute atomic E-state index is 0.0720. The number of allylic oxidation sites excluding steroid dienone is 2. The van der Waals surface area contributed by atoms with E-state index in [1.54, 1.807) is 0 Å². The first-order chi connectivity index (χ1) is 17.1. The summed E-state index contributed by atoms with van der Waals surface area (Å²) >= 11 is 0. The Hall–Kier alpha value is -1.66. The van der Waals surface area contributed by atoms with Gasteiger partial charge < -0.3 is 14.7 Å². The molecule has 0 radical (unpaired) electrons. The predicted octanol–water partition coefficient (Wildman–Crippen LogP) is 5.31. The molecule has 6 heteroatoms. The Morgan fingerprint density at radius 3 is 1.67 bits per heavy atom. The van der Waals surface area contributed by atoms with Gasteiger partial charge in [-0.2, -0.15) is 5.06 Å². The van der Waals surface area contributed by atoms with Crippen LogP contribution in [0.25, 0.3) is 0 Å². The molecule has 198 valence electrons. The lowest BCUT2D eigenvalue weighted by Gasteiger charge is -2.50. The van der Waals surface area contributed by atoms with Crippen molar-refractivity contribution < 1.29 is 24.3 Å². The molecule has 6 aliphatic rings. The van der Waals surface area contributed by atoms with E-state index < -0.39 is 0 Å². The minimum atomic E-state index is -0.361. The molecule has 0 unspecified atom stereocenters. The van der Waals surface area contributed by atoms with E-state index >= 15 is 0 Å². The van der Waals surface area contributed by atoms with Gasteiger partial charge in [-0.15, -0.1) is 0 Å². The number of hydrogen-bond donors (Lipinski definition) is 1. The Bertz CT molecular complexity index is 900. The van der Waals surface area contributed by atoms with Gasteiger partial charge in [-0.05, 0) is 86.9 Å². The van der Waals surface area contributed by atoms with E-state index in [1.165, 1.54) is 16.2 Å². The number of esters is 2. The van der Waals surface area contributed by atoms with E-state index in [1.807, 2.05) is 0 Å². The van der Waals surface area contributed by atoms with Gasteiger partial charge in [0.2, 0.25) is 0 Å². The van der Waals surface area contributed by atoms with Crippen molar-refractivity contribution in [2.75, 3.05) is 13.1 Å². The topological polar surface area (TPSA) is 76.1 Å². The Morgan fingerprint density at radius 1 is 0.833 bits per heavy atom. The highest BCUT2D eigenvalue weighted by Crippen LogP contribution is 2.58. The smallest absolute Gasteiger partial charge is 0.311 e. The van der Waals surface area contributed by atoms with Gasteiger partial charge in [-0.25, -0.2) is 0 Å². The van der Waals surface area contributed by atoms with Gasteiger partial charge in [-0.3, -0.25) is 9.59 Å². The van der Waals surface area contributed by atoms with Crippen molar-refractivity contribution in [2.45, 2.75) is 90.3 Å². The van der Waals surface area contributed by atoms with Crippen LogP contribution in [0.15, 0.2) is 24.3 Å². The van der Waals surface area contributed by atoms with Gasteiger partial charge in [0, 0.05) is 24.9 Å². The summed E-state index contributed by atoms with van der Waals surface area (Å²) in [5, 5.41) is 12.3. The maximum atomic E-state index is 12.9. The Balaban J connectivity index is 1.13. The molecule has 1 N–H and O–H groups in total. The maximum absolute atomic E-state index is 12.9. The minimum Gasteiger partial charge on any atom is -0.462 e. The van der Waals surface area contributed by atoms with E-state index in [2.05, 4.69) is 27.0 Å². The lowest BCUT2D eigenvalue weighted by atomic mass is 9.55. The number of hydroxylamine groups is 2. The molecule has 10 atom stereocenters. The Morgan fingerprint density at radius 2 is 1.25 bits per heavy atom. The summed E-state index contributed by atoms with van der Waals surface area (Å²) < 4.78 is 11.8. The second-order valence-electron chi connectivity index (χ2n) is 13.7. The third-order valence-corrected chi connectivity index (χ3v) is 11.5. The van der Waals surface area contributed by atoms with Crippen LogP contribution in [0.4, 0.5) is 0 Å². The van der Waals surface area contributed by atoms with Crippen LogP contribution < -0.4 is 0 Å². The second kappa shape index (κ2) is 8.69. The number of nitrogens with zero attached hydrogens (tertiary/aromatic N) is 1. The molecule has 0 amide bonds. The van der Waals surface area contributed by atoms with Crippen molar-refractivity contribution in [3.05, 3.63) is 24.3 Å². The van der Waals surface area contributed by atoms with Gasteiger partial charge >= 0.3 is 11.9 Å². The van der Waals surface area contributed by atoms with Crippen LogP contribution in [-0.4, -0.2) is 47.5 Å². The summed E-state index contributed by atoms with van der Waals surface area (Å²) in [5.41, 5.74) is 2.95. The van der Waals surface area contributed by atoms with Crippen LogP contribution in [0.2, 0.25) is 0 Å². The molecule has 6 nitrogen and oxygen atoms in total. The number of ether oxygens (including phenoxy) is 2. The molecule has 2 aliphatic heterocycles. The van der Waals surface area contributed by atoms with E-state index in [0.717, 1.165) is 64.2 Å². The summed E-state index contributed by atoms with van der Waals surface area (Å²) in [6.45, 7) is 13.8. The van der Waals surface area contributed by atoms with Gasteiger partial charge in [0.25, 0.3) is 0 Å². The van der Waals surface area contributed by atoms with Crippen LogP contribution in [0.5, 0.6) is 0 Å². The van der Waals surface area contributed by atoms with E-state index in [4.69, 9.17) is 9.47 Å². The maximum Gasteiger partial charge on any atom is 0.311 e. The molecule has 0 aromatic heterocycles. The van der Waals surface area contributed by atoms with Gasteiger partial charge in [0.15, 0.2) is 0 Å². The summed E-state index contributed by atoms with van der Waals surface area (Å²) in [5.74, 6) is -0.0784. The standard InChI is InChI=1S/C30H43NO5/c1-17-7-5-9-29(3)13-25-19(11-23(17)29)21(27(32)35-25)15-31(34)16-22-20-12-24-18(2)8-6-10-30(24,4)14-26(20)36-28(22)33/h19-26,34H,1-2,5-16H2,3-4H3/t19-,20-,21+,22+,23-,24+,25+,26-,29-,30+/m0/s1. The molecule has 36 heavy (non-hydrogen) atoms. The highest BCUT2D eigenvalue weighted by molar-refractivity contribution is 5.76. The summed E-state index contributed by atoms with van der Waals surface area (Å²) in [7, 11) is 0. The largest absolute Gasteiger partial charge is 0.462 e. The van der Waals surface area contributed by atoms with Crippen molar-refractivity contribution in [1.82, 2.24) is 5.06 Å². The number of hydrogen-bond acceptors (Lipinski definition) is 6. The molecular formula is C30H43NO5. The molecular weight excluding hydrogens is 454 g/mol. The Kier molecular flexibility index (Phi) is 5.95.